The van der Waals surface area contributed by atoms with E-state index in [0.717, 1.165) is 46.4 Å². The molecule has 1 unspecified atom stereocenters. The summed E-state index contributed by atoms with van der Waals surface area (Å²) in [7, 11) is 3.15. The Morgan fingerprint density at radius 3 is 2.24 bits per heavy atom. The third-order valence-corrected chi connectivity index (χ3v) is 7.23. The Kier molecular flexibility index (Phi) is 5.97. The van der Waals surface area contributed by atoms with Crippen molar-refractivity contribution in [3.63, 3.8) is 0 Å². The largest absolute Gasteiger partial charge is 0.497 e. The fourth-order valence-corrected chi connectivity index (χ4v) is 5.30. The molecule has 6 heteroatoms. The van der Waals surface area contributed by atoms with Crippen molar-refractivity contribution in [2.45, 2.75) is 5.60 Å². The Labute approximate surface area is 215 Å². The highest BCUT2D eigenvalue weighted by Gasteiger charge is 2.40. The van der Waals surface area contributed by atoms with Crippen LogP contribution in [0, 0.1) is 5.82 Å². The van der Waals surface area contributed by atoms with E-state index in [2.05, 4.69) is 35.2 Å². The summed E-state index contributed by atoms with van der Waals surface area (Å²) in [4.78, 5) is 2.33. The van der Waals surface area contributed by atoms with E-state index >= 15 is 4.39 Å². The molecule has 2 aliphatic rings. The molecule has 1 atom stereocenters. The van der Waals surface area contributed by atoms with Crippen LogP contribution in [-0.4, -0.2) is 40.5 Å². The van der Waals surface area contributed by atoms with Crippen molar-refractivity contribution in [3.8, 4) is 17.2 Å². The Bertz CT molecular complexity index is 1480. The summed E-state index contributed by atoms with van der Waals surface area (Å²) >= 11 is 0. The van der Waals surface area contributed by atoms with Crippen molar-refractivity contribution in [2.24, 2.45) is 0 Å². The predicted molar refractivity (Wildman–Crippen MR) is 143 cm³/mol. The molecule has 0 aromatic heterocycles. The van der Waals surface area contributed by atoms with Gasteiger partial charge in [0.25, 0.3) is 0 Å². The Balaban J connectivity index is 1.56. The molecule has 1 fully saturated rings. The van der Waals surface area contributed by atoms with Crippen LogP contribution in [0.4, 0.5) is 10.1 Å². The molecule has 2 heterocycles. The van der Waals surface area contributed by atoms with Crippen LogP contribution in [-0.2, 0) is 10.3 Å². The van der Waals surface area contributed by atoms with Gasteiger partial charge in [-0.3, -0.25) is 0 Å². The topological polar surface area (TPSA) is 40.2 Å². The summed E-state index contributed by atoms with van der Waals surface area (Å²) < 4.78 is 38.8. The number of fused-ring (bicyclic) bond motifs is 3. The number of benzene rings is 4. The fraction of sp³-hybridized carbons (Fsp3) is 0.226. The lowest BCUT2D eigenvalue weighted by atomic mass is 9.82. The van der Waals surface area contributed by atoms with Crippen LogP contribution in [0.25, 0.3) is 16.8 Å². The number of ether oxygens (including phenoxy) is 4. The molecule has 0 radical (unpaired) electrons. The van der Waals surface area contributed by atoms with Gasteiger partial charge in [-0.05, 0) is 41.8 Å². The molecule has 37 heavy (non-hydrogen) atoms. The maximum absolute atomic E-state index is 15.7. The summed E-state index contributed by atoms with van der Waals surface area (Å²) in [6.07, 6.45) is 4.00. The van der Waals surface area contributed by atoms with Crippen molar-refractivity contribution in [1.29, 1.82) is 0 Å². The smallest absolute Gasteiger partial charge is 0.180 e. The SMILES string of the molecule is COc1ccc(C2(c3ccc(OC)cc3F)C=Cc3c(cc(N4CCOCC4)c4ccccc34)O2)cc1. The van der Waals surface area contributed by atoms with E-state index < -0.39 is 11.4 Å². The standard InChI is InChI=1S/C31H28FNO4/c1-34-22-9-7-21(8-10-22)31(27-12-11-23(35-2)19-28(27)32)14-13-26-24-5-3-4-6-25(24)29(20-30(26)37-31)33-15-17-36-18-16-33/h3-14,19-20H,15-18H2,1-2H3. The molecular weight excluding hydrogens is 469 g/mol. The van der Waals surface area contributed by atoms with Crippen LogP contribution in [0.3, 0.4) is 0 Å². The number of morpholine rings is 1. The first-order chi connectivity index (χ1) is 18.1. The normalized spacial score (nSPS) is 18.8. The number of halogens is 1. The third kappa shape index (κ3) is 3.98. The summed E-state index contributed by atoms with van der Waals surface area (Å²) in [5.74, 6) is 1.47. The van der Waals surface area contributed by atoms with Gasteiger partial charge >= 0.3 is 0 Å². The van der Waals surface area contributed by atoms with Crippen LogP contribution in [0.1, 0.15) is 16.7 Å². The summed E-state index contributed by atoms with van der Waals surface area (Å²) in [6.45, 7) is 2.96. The zero-order valence-corrected chi connectivity index (χ0v) is 20.9. The number of hydrogen-bond acceptors (Lipinski definition) is 5. The molecule has 0 saturated carbocycles. The molecule has 188 valence electrons. The van der Waals surface area contributed by atoms with E-state index in [-0.39, 0.29) is 0 Å². The van der Waals surface area contributed by atoms with Gasteiger partial charge in [0.1, 0.15) is 23.1 Å². The molecule has 6 rings (SSSR count). The van der Waals surface area contributed by atoms with Crippen LogP contribution < -0.4 is 19.1 Å². The average Bonchev–Trinajstić information content (AvgIpc) is 2.96. The number of anilines is 1. The maximum Gasteiger partial charge on any atom is 0.180 e. The molecule has 0 bridgehead atoms. The monoisotopic (exact) mass is 497 g/mol. The minimum Gasteiger partial charge on any atom is -0.497 e. The number of hydrogen-bond donors (Lipinski definition) is 0. The minimum absolute atomic E-state index is 0.404. The van der Waals surface area contributed by atoms with E-state index in [1.807, 2.05) is 36.4 Å². The van der Waals surface area contributed by atoms with Gasteiger partial charge in [0.15, 0.2) is 5.60 Å². The van der Waals surface area contributed by atoms with Crippen LogP contribution >= 0.6 is 0 Å². The first-order valence-corrected chi connectivity index (χ1v) is 12.4. The minimum atomic E-state index is -1.18. The van der Waals surface area contributed by atoms with Crippen LogP contribution in [0.2, 0.25) is 0 Å². The van der Waals surface area contributed by atoms with Crippen LogP contribution in [0.5, 0.6) is 17.2 Å². The van der Waals surface area contributed by atoms with Crippen LogP contribution in [0.15, 0.2) is 78.9 Å². The highest BCUT2D eigenvalue weighted by Crippen LogP contribution is 2.47. The molecule has 0 N–H and O–H groups in total. The van der Waals surface area contributed by atoms with E-state index in [4.69, 9.17) is 18.9 Å². The molecule has 2 aliphatic heterocycles. The molecule has 0 amide bonds. The highest BCUT2D eigenvalue weighted by molar-refractivity contribution is 6.02. The van der Waals surface area contributed by atoms with E-state index in [1.165, 1.54) is 13.2 Å². The van der Waals surface area contributed by atoms with Crippen molar-refractivity contribution in [2.75, 3.05) is 45.4 Å². The van der Waals surface area contributed by atoms with Gasteiger partial charge in [0, 0.05) is 53.0 Å². The lowest BCUT2D eigenvalue weighted by Gasteiger charge is -2.38. The molecule has 1 saturated heterocycles. The molecule has 4 aromatic rings. The zero-order chi connectivity index (χ0) is 25.4. The number of rotatable bonds is 5. The van der Waals surface area contributed by atoms with E-state index in [0.29, 0.717) is 30.3 Å². The average molecular weight is 498 g/mol. The summed E-state index contributed by atoms with van der Waals surface area (Å²) in [5, 5.41) is 2.25. The zero-order valence-electron chi connectivity index (χ0n) is 20.9. The second-order valence-corrected chi connectivity index (χ2v) is 9.20. The van der Waals surface area contributed by atoms with Gasteiger partial charge in [0.2, 0.25) is 0 Å². The Morgan fingerprint density at radius 2 is 1.54 bits per heavy atom. The van der Waals surface area contributed by atoms with Crippen molar-refractivity contribution in [1.82, 2.24) is 0 Å². The Morgan fingerprint density at radius 1 is 0.838 bits per heavy atom. The predicted octanol–water partition coefficient (Wildman–Crippen LogP) is 6.18. The van der Waals surface area contributed by atoms with Gasteiger partial charge in [-0.25, -0.2) is 4.39 Å². The maximum atomic E-state index is 15.7. The number of nitrogens with zero attached hydrogens (tertiary/aromatic N) is 1. The molecule has 0 spiro atoms. The lowest BCUT2D eigenvalue weighted by molar-refractivity contribution is 0.122. The number of methoxy groups -OCH3 is 2. The Hall–Kier alpha value is -4.03. The quantitative estimate of drug-likeness (QED) is 0.329. The lowest BCUT2D eigenvalue weighted by Crippen LogP contribution is -2.37. The molecular formula is C31H28FNO4. The van der Waals surface area contributed by atoms with Crippen molar-refractivity contribution < 1.29 is 23.3 Å². The van der Waals surface area contributed by atoms with Crippen molar-refractivity contribution >= 4 is 22.5 Å². The van der Waals surface area contributed by atoms with Gasteiger partial charge in [0.05, 0.1) is 27.4 Å². The third-order valence-electron chi connectivity index (χ3n) is 7.23. The van der Waals surface area contributed by atoms with Gasteiger partial charge < -0.3 is 23.8 Å². The van der Waals surface area contributed by atoms with Gasteiger partial charge in [-0.2, -0.15) is 0 Å². The first-order valence-electron chi connectivity index (χ1n) is 12.4. The molecule has 4 aromatic carbocycles. The van der Waals surface area contributed by atoms with Gasteiger partial charge in [-0.1, -0.05) is 36.4 Å². The molecule has 5 nitrogen and oxygen atoms in total. The summed E-state index contributed by atoms with van der Waals surface area (Å²) in [6, 6.07) is 22.9. The fourth-order valence-electron chi connectivity index (χ4n) is 5.30. The van der Waals surface area contributed by atoms with Crippen molar-refractivity contribution in [3.05, 3.63) is 101 Å². The second-order valence-electron chi connectivity index (χ2n) is 9.20. The molecule has 0 aliphatic carbocycles. The summed E-state index contributed by atoms with van der Waals surface area (Å²) in [5.41, 5.74) is 2.08. The second kappa shape index (κ2) is 9.45. The van der Waals surface area contributed by atoms with E-state index in [1.54, 1.807) is 19.2 Å². The van der Waals surface area contributed by atoms with Gasteiger partial charge in [-0.15, -0.1) is 0 Å². The first kappa shape index (κ1) is 23.4. The van der Waals surface area contributed by atoms with E-state index in [9.17, 15) is 0 Å². The highest BCUT2D eigenvalue weighted by atomic mass is 19.1.